The molecule has 3 rings (SSSR count). The Labute approximate surface area is 153 Å². The molecule has 6 heteroatoms. The van der Waals surface area contributed by atoms with Gasteiger partial charge in [0, 0.05) is 18.8 Å². The van der Waals surface area contributed by atoms with Gasteiger partial charge in [-0.2, -0.15) is 0 Å². The largest absolute Gasteiger partial charge is 0.464 e. The van der Waals surface area contributed by atoms with Gasteiger partial charge in [-0.3, -0.25) is 0 Å². The van der Waals surface area contributed by atoms with Gasteiger partial charge in [0.15, 0.2) is 0 Å². The third-order valence-electron chi connectivity index (χ3n) is 4.44. The fourth-order valence-corrected chi connectivity index (χ4v) is 3.40. The van der Waals surface area contributed by atoms with Crippen LogP contribution in [0.5, 0.6) is 0 Å². The normalized spacial score (nSPS) is 15.7. The number of anilines is 2. The molecule has 1 fully saturated rings. The summed E-state index contributed by atoms with van der Waals surface area (Å²) in [5, 5.41) is 6.35. The van der Waals surface area contributed by atoms with Crippen LogP contribution in [0.1, 0.15) is 43.7 Å². The number of carbonyl (C=O) groups is 1. The molecule has 1 saturated heterocycles. The van der Waals surface area contributed by atoms with Crippen molar-refractivity contribution in [2.75, 3.05) is 23.3 Å². The van der Waals surface area contributed by atoms with Crippen molar-refractivity contribution in [3.8, 4) is 0 Å². The van der Waals surface area contributed by atoms with E-state index < -0.39 is 0 Å². The van der Waals surface area contributed by atoms with E-state index in [1.807, 2.05) is 38.1 Å². The first-order valence-electron chi connectivity index (χ1n) is 8.71. The molecule has 1 aromatic carbocycles. The zero-order valence-corrected chi connectivity index (χ0v) is 15.4. The van der Waals surface area contributed by atoms with E-state index in [1.54, 1.807) is 6.07 Å². The molecular formula is C19H24ClN3O2. The molecule has 0 bridgehead atoms. The van der Waals surface area contributed by atoms with Crippen LogP contribution in [-0.2, 0) is 0 Å². The quantitative estimate of drug-likeness (QED) is 0.795. The molecule has 2 N–H and O–H groups in total. The number of nitrogens with zero attached hydrogens (tertiary/aromatic N) is 1. The SMILES string of the molecule is Cc1ccc(C(C)NC(=O)Nc2ccc(N3CCCCC3)c(Cl)c2)o1. The highest BCUT2D eigenvalue weighted by atomic mass is 35.5. The molecule has 1 aromatic heterocycles. The lowest BCUT2D eigenvalue weighted by Crippen LogP contribution is -2.31. The molecule has 5 nitrogen and oxygen atoms in total. The first kappa shape index (κ1) is 17.7. The van der Waals surface area contributed by atoms with Crippen molar-refractivity contribution in [1.29, 1.82) is 0 Å². The van der Waals surface area contributed by atoms with Gasteiger partial charge < -0.3 is 20.0 Å². The fraction of sp³-hybridized carbons (Fsp3) is 0.421. The lowest BCUT2D eigenvalue weighted by atomic mass is 10.1. The second-order valence-electron chi connectivity index (χ2n) is 6.48. The molecule has 1 unspecified atom stereocenters. The number of benzene rings is 1. The van der Waals surface area contributed by atoms with E-state index in [4.69, 9.17) is 16.0 Å². The number of amides is 2. The number of halogens is 1. The summed E-state index contributed by atoms with van der Waals surface area (Å²) in [6, 6.07) is 8.90. The number of hydrogen-bond donors (Lipinski definition) is 2. The van der Waals surface area contributed by atoms with Crippen LogP contribution in [0.3, 0.4) is 0 Å². The van der Waals surface area contributed by atoms with Gasteiger partial charge in [0.1, 0.15) is 11.5 Å². The topological polar surface area (TPSA) is 57.5 Å². The van der Waals surface area contributed by atoms with Gasteiger partial charge in [0.05, 0.1) is 16.8 Å². The van der Waals surface area contributed by atoms with Gasteiger partial charge in [0.2, 0.25) is 0 Å². The summed E-state index contributed by atoms with van der Waals surface area (Å²) in [6.07, 6.45) is 3.67. The maximum atomic E-state index is 12.2. The zero-order chi connectivity index (χ0) is 17.8. The van der Waals surface area contributed by atoms with E-state index in [1.165, 1.54) is 19.3 Å². The number of aryl methyl sites for hydroxylation is 1. The highest BCUT2D eigenvalue weighted by Gasteiger charge is 2.16. The van der Waals surface area contributed by atoms with Crippen LogP contribution in [0, 0.1) is 6.92 Å². The predicted octanol–water partition coefficient (Wildman–Crippen LogP) is 5.11. The zero-order valence-electron chi connectivity index (χ0n) is 14.6. The first-order valence-corrected chi connectivity index (χ1v) is 9.09. The number of piperidine rings is 1. The smallest absolute Gasteiger partial charge is 0.319 e. The monoisotopic (exact) mass is 361 g/mol. The van der Waals surface area contributed by atoms with Crippen molar-refractivity contribution in [2.24, 2.45) is 0 Å². The summed E-state index contributed by atoms with van der Waals surface area (Å²) in [7, 11) is 0. The Morgan fingerprint density at radius 1 is 1.20 bits per heavy atom. The van der Waals surface area contributed by atoms with Gasteiger partial charge in [-0.1, -0.05) is 11.6 Å². The Bertz CT molecular complexity index is 738. The summed E-state index contributed by atoms with van der Waals surface area (Å²) in [4.78, 5) is 14.5. The van der Waals surface area contributed by atoms with Crippen molar-refractivity contribution in [1.82, 2.24) is 5.32 Å². The van der Waals surface area contributed by atoms with Crippen LogP contribution >= 0.6 is 11.6 Å². The molecule has 2 aromatic rings. The summed E-state index contributed by atoms with van der Waals surface area (Å²) in [6.45, 7) is 5.83. The number of nitrogens with one attached hydrogen (secondary N) is 2. The van der Waals surface area contributed by atoms with E-state index in [-0.39, 0.29) is 12.1 Å². The number of hydrogen-bond acceptors (Lipinski definition) is 3. The van der Waals surface area contributed by atoms with Crippen LogP contribution in [0.15, 0.2) is 34.7 Å². The van der Waals surface area contributed by atoms with Gasteiger partial charge >= 0.3 is 6.03 Å². The molecule has 2 heterocycles. The van der Waals surface area contributed by atoms with Crippen molar-refractivity contribution in [2.45, 2.75) is 39.2 Å². The van der Waals surface area contributed by atoms with E-state index in [0.29, 0.717) is 10.7 Å². The van der Waals surface area contributed by atoms with E-state index in [2.05, 4.69) is 15.5 Å². The number of rotatable bonds is 4. The highest BCUT2D eigenvalue weighted by molar-refractivity contribution is 6.33. The van der Waals surface area contributed by atoms with Crippen LogP contribution < -0.4 is 15.5 Å². The van der Waals surface area contributed by atoms with Gasteiger partial charge in [0.25, 0.3) is 0 Å². The third kappa shape index (κ3) is 4.48. The summed E-state index contributed by atoms with van der Waals surface area (Å²) in [5.74, 6) is 1.55. The van der Waals surface area contributed by atoms with Crippen LogP contribution in [0.2, 0.25) is 5.02 Å². The summed E-state index contributed by atoms with van der Waals surface area (Å²) in [5.41, 5.74) is 1.71. The third-order valence-corrected chi connectivity index (χ3v) is 4.74. The molecule has 2 amide bonds. The van der Waals surface area contributed by atoms with Gasteiger partial charge in [-0.25, -0.2) is 4.79 Å². The maximum absolute atomic E-state index is 12.2. The Kier molecular flexibility index (Phi) is 5.53. The number of carbonyl (C=O) groups excluding carboxylic acids is 1. The maximum Gasteiger partial charge on any atom is 0.319 e. The number of urea groups is 1. The van der Waals surface area contributed by atoms with Crippen molar-refractivity contribution in [3.63, 3.8) is 0 Å². The minimum absolute atomic E-state index is 0.211. The van der Waals surface area contributed by atoms with E-state index in [0.717, 1.165) is 30.3 Å². The minimum Gasteiger partial charge on any atom is -0.464 e. The van der Waals surface area contributed by atoms with Crippen LogP contribution in [0.25, 0.3) is 0 Å². The van der Waals surface area contributed by atoms with Gasteiger partial charge in [-0.15, -0.1) is 0 Å². The van der Waals surface area contributed by atoms with E-state index >= 15 is 0 Å². The molecule has 0 aliphatic carbocycles. The Morgan fingerprint density at radius 2 is 1.96 bits per heavy atom. The number of furan rings is 1. The van der Waals surface area contributed by atoms with Crippen molar-refractivity contribution >= 4 is 29.0 Å². The second kappa shape index (κ2) is 7.83. The van der Waals surface area contributed by atoms with Crippen LogP contribution in [0.4, 0.5) is 16.2 Å². The lowest BCUT2D eigenvalue weighted by molar-refractivity contribution is 0.247. The predicted molar refractivity (Wildman–Crippen MR) is 102 cm³/mol. The highest BCUT2D eigenvalue weighted by Crippen LogP contribution is 2.30. The molecule has 25 heavy (non-hydrogen) atoms. The summed E-state index contributed by atoms with van der Waals surface area (Å²) < 4.78 is 5.53. The standard InChI is InChI=1S/C19H24ClN3O2/c1-13-6-9-18(25-13)14(2)21-19(24)22-15-7-8-17(16(20)12-15)23-10-4-3-5-11-23/h6-9,12,14H,3-5,10-11H2,1-2H3,(H2,21,22,24). The first-order chi connectivity index (χ1) is 12.0. The van der Waals surface area contributed by atoms with Gasteiger partial charge in [-0.05, 0) is 63.4 Å². The molecule has 1 aliphatic heterocycles. The average molecular weight is 362 g/mol. The molecule has 0 radical (unpaired) electrons. The minimum atomic E-state index is -0.289. The molecule has 0 saturated carbocycles. The Hall–Kier alpha value is -2.14. The molecule has 0 spiro atoms. The fourth-order valence-electron chi connectivity index (χ4n) is 3.10. The van der Waals surface area contributed by atoms with E-state index in [9.17, 15) is 4.79 Å². The second-order valence-corrected chi connectivity index (χ2v) is 6.89. The van der Waals surface area contributed by atoms with Crippen molar-refractivity contribution in [3.05, 3.63) is 46.9 Å². The van der Waals surface area contributed by atoms with Crippen LogP contribution in [-0.4, -0.2) is 19.1 Å². The molecule has 1 atom stereocenters. The Balaban J connectivity index is 1.60. The molecule has 134 valence electrons. The average Bonchev–Trinajstić information content (AvgIpc) is 3.02. The lowest BCUT2D eigenvalue weighted by Gasteiger charge is -2.29. The molecular weight excluding hydrogens is 338 g/mol. The molecule has 1 aliphatic rings. The summed E-state index contributed by atoms with van der Waals surface area (Å²) >= 11 is 6.42. The Morgan fingerprint density at radius 3 is 2.60 bits per heavy atom. The van der Waals surface area contributed by atoms with Crippen molar-refractivity contribution < 1.29 is 9.21 Å².